The van der Waals surface area contributed by atoms with Gasteiger partial charge in [-0.2, -0.15) is 0 Å². The maximum atomic E-state index is 12.4. The van der Waals surface area contributed by atoms with Crippen LogP contribution in [0.4, 0.5) is 5.69 Å². The Morgan fingerprint density at radius 2 is 1.78 bits per heavy atom. The molecular weight excluding hydrogens is 340 g/mol. The quantitative estimate of drug-likeness (QED) is 0.795. The molecule has 1 aromatic heterocycles. The van der Waals surface area contributed by atoms with Gasteiger partial charge < -0.3 is 10.2 Å². The highest BCUT2D eigenvalue weighted by Gasteiger charge is 2.24. The second kappa shape index (κ2) is 8.75. The van der Waals surface area contributed by atoms with Gasteiger partial charge in [0, 0.05) is 54.6 Å². The molecule has 1 fully saturated rings. The molecule has 142 valence electrons. The number of benzene rings is 1. The van der Waals surface area contributed by atoms with Gasteiger partial charge in [0.15, 0.2) is 0 Å². The van der Waals surface area contributed by atoms with Crippen LogP contribution in [0.3, 0.4) is 0 Å². The van der Waals surface area contributed by atoms with Crippen molar-refractivity contribution in [1.29, 1.82) is 0 Å². The summed E-state index contributed by atoms with van der Waals surface area (Å²) in [5.41, 5.74) is 3.70. The SMILES string of the molecule is Cc1cc(C)nc(CCNC(=O)C2CCN(c3ccc(C=O)cc3)CC2)n1. The normalized spacial score (nSPS) is 14.8. The Balaban J connectivity index is 1.44. The van der Waals surface area contributed by atoms with Gasteiger partial charge in [-0.1, -0.05) is 0 Å². The summed E-state index contributed by atoms with van der Waals surface area (Å²) >= 11 is 0. The first-order valence-corrected chi connectivity index (χ1v) is 9.44. The second-order valence-electron chi connectivity index (χ2n) is 7.08. The summed E-state index contributed by atoms with van der Waals surface area (Å²) in [6.45, 7) is 6.17. The van der Waals surface area contributed by atoms with Crippen LogP contribution in [0, 0.1) is 19.8 Å². The molecule has 6 heteroatoms. The molecule has 0 spiro atoms. The number of hydrogen-bond donors (Lipinski definition) is 1. The Morgan fingerprint density at radius 3 is 2.37 bits per heavy atom. The first-order chi connectivity index (χ1) is 13.0. The number of hydrogen-bond acceptors (Lipinski definition) is 5. The van der Waals surface area contributed by atoms with Crippen molar-refractivity contribution in [1.82, 2.24) is 15.3 Å². The molecule has 0 unspecified atom stereocenters. The van der Waals surface area contributed by atoms with Crippen molar-refractivity contribution >= 4 is 17.9 Å². The maximum absolute atomic E-state index is 12.4. The average molecular weight is 366 g/mol. The Labute approximate surface area is 160 Å². The highest BCUT2D eigenvalue weighted by Crippen LogP contribution is 2.23. The molecule has 1 aliphatic rings. The standard InChI is InChI=1S/C21H26N4O2/c1-15-13-16(2)24-20(23-15)7-10-22-21(27)18-8-11-25(12-9-18)19-5-3-17(14-26)4-6-19/h3-6,13-14,18H,7-12H2,1-2H3,(H,22,27). The van der Waals surface area contributed by atoms with E-state index in [-0.39, 0.29) is 11.8 Å². The third-order valence-corrected chi connectivity index (χ3v) is 4.94. The zero-order valence-corrected chi connectivity index (χ0v) is 15.9. The number of aromatic nitrogens is 2. The molecule has 2 heterocycles. The minimum atomic E-state index is 0.0515. The van der Waals surface area contributed by atoms with Crippen molar-refractivity contribution in [3.05, 3.63) is 53.1 Å². The van der Waals surface area contributed by atoms with Crippen LogP contribution in [0.25, 0.3) is 0 Å². The fourth-order valence-corrected chi connectivity index (χ4v) is 3.52. The lowest BCUT2D eigenvalue weighted by Crippen LogP contribution is -2.41. The molecule has 2 aromatic rings. The van der Waals surface area contributed by atoms with Crippen LogP contribution in [0.1, 0.15) is 40.4 Å². The molecule has 1 aromatic carbocycles. The van der Waals surface area contributed by atoms with Gasteiger partial charge in [-0.25, -0.2) is 9.97 Å². The molecule has 1 N–H and O–H groups in total. The molecular formula is C21H26N4O2. The van der Waals surface area contributed by atoms with E-state index in [9.17, 15) is 9.59 Å². The van der Waals surface area contributed by atoms with Gasteiger partial charge >= 0.3 is 0 Å². The lowest BCUT2D eigenvalue weighted by molar-refractivity contribution is -0.125. The largest absolute Gasteiger partial charge is 0.371 e. The molecule has 0 aliphatic carbocycles. The van der Waals surface area contributed by atoms with Crippen molar-refractivity contribution in [2.45, 2.75) is 33.1 Å². The molecule has 1 aliphatic heterocycles. The number of rotatable bonds is 6. The van der Waals surface area contributed by atoms with Crippen LogP contribution in [0.15, 0.2) is 30.3 Å². The number of carbonyl (C=O) groups excluding carboxylic acids is 2. The number of aryl methyl sites for hydroxylation is 2. The van der Waals surface area contributed by atoms with E-state index in [1.807, 2.05) is 44.2 Å². The van der Waals surface area contributed by atoms with Gasteiger partial charge in [0.05, 0.1) is 0 Å². The van der Waals surface area contributed by atoms with Gasteiger partial charge in [0.25, 0.3) is 0 Å². The highest BCUT2D eigenvalue weighted by atomic mass is 16.1. The van der Waals surface area contributed by atoms with E-state index in [2.05, 4.69) is 20.2 Å². The van der Waals surface area contributed by atoms with Crippen LogP contribution < -0.4 is 10.2 Å². The number of carbonyl (C=O) groups is 2. The molecule has 1 amide bonds. The average Bonchev–Trinajstić information content (AvgIpc) is 2.67. The maximum Gasteiger partial charge on any atom is 0.223 e. The van der Waals surface area contributed by atoms with Crippen LogP contribution in [0.2, 0.25) is 0 Å². The topological polar surface area (TPSA) is 75.2 Å². The Kier molecular flexibility index (Phi) is 6.16. The fourth-order valence-electron chi connectivity index (χ4n) is 3.52. The van der Waals surface area contributed by atoms with Crippen molar-refractivity contribution in [3.8, 4) is 0 Å². The van der Waals surface area contributed by atoms with E-state index in [4.69, 9.17) is 0 Å². The number of piperidine rings is 1. The van der Waals surface area contributed by atoms with Crippen molar-refractivity contribution in [2.24, 2.45) is 5.92 Å². The number of nitrogens with one attached hydrogen (secondary N) is 1. The predicted molar refractivity (Wildman–Crippen MR) is 105 cm³/mol. The smallest absolute Gasteiger partial charge is 0.223 e. The van der Waals surface area contributed by atoms with Crippen molar-refractivity contribution in [3.63, 3.8) is 0 Å². The summed E-state index contributed by atoms with van der Waals surface area (Å²) in [6.07, 6.45) is 3.17. The molecule has 0 atom stereocenters. The first kappa shape index (κ1) is 19.0. The predicted octanol–water partition coefficient (Wildman–Crippen LogP) is 2.48. The molecule has 0 radical (unpaired) electrons. The van der Waals surface area contributed by atoms with E-state index in [1.165, 1.54) is 0 Å². The monoisotopic (exact) mass is 366 g/mol. The Hall–Kier alpha value is -2.76. The summed E-state index contributed by atoms with van der Waals surface area (Å²) in [7, 11) is 0. The minimum Gasteiger partial charge on any atom is -0.371 e. The van der Waals surface area contributed by atoms with Gasteiger partial charge in [-0.15, -0.1) is 0 Å². The summed E-state index contributed by atoms with van der Waals surface area (Å²) in [6, 6.07) is 9.54. The van der Waals surface area contributed by atoms with Crippen molar-refractivity contribution < 1.29 is 9.59 Å². The van der Waals surface area contributed by atoms with Gasteiger partial charge in [-0.3, -0.25) is 9.59 Å². The van der Waals surface area contributed by atoms with Gasteiger partial charge in [0.2, 0.25) is 5.91 Å². The van der Waals surface area contributed by atoms with Crippen LogP contribution in [0.5, 0.6) is 0 Å². The fraction of sp³-hybridized carbons (Fsp3) is 0.429. The zero-order valence-electron chi connectivity index (χ0n) is 15.9. The van der Waals surface area contributed by atoms with E-state index >= 15 is 0 Å². The Morgan fingerprint density at radius 1 is 1.15 bits per heavy atom. The molecule has 3 rings (SSSR count). The molecule has 6 nitrogen and oxygen atoms in total. The summed E-state index contributed by atoms with van der Waals surface area (Å²) in [5, 5.41) is 3.03. The molecule has 27 heavy (non-hydrogen) atoms. The zero-order chi connectivity index (χ0) is 19.2. The Bertz CT molecular complexity index is 776. The second-order valence-corrected chi connectivity index (χ2v) is 7.08. The summed E-state index contributed by atoms with van der Waals surface area (Å²) < 4.78 is 0. The molecule has 1 saturated heterocycles. The van der Waals surface area contributed by atoms with E-state index in [0.717, 1.165) is 55.1 Å². The lowest BCUT2D eigenvalue weighted by Gasteiger charge is -2.33. The van der Waals surface area contributed by atoms with Crippen LogP contribution >= 0.6 is 0 Å². The third kappa shape index (κ3) is 5.12. The third-order valence-electron chi connectivity index (χ3n) is 4.94. The molecule has 0 saturated carbocycles. The van der Waals surface area contributed by atoms with Gasteiger partial charge in [0.1, 0.15) is 12.1 Å². The van der Waals surface area contributed by atoms with E-state index < -0.39 is 0 Å². The van der Waals surface area contributed by atoms with Crippen LogP contribution in [-0.2, 0) is 11.2 Å². The summed E-state index contributed by atoms with van der Waals surface area (Å²) in [5.74, 6) is 0.951. The van der Waals surface area contributed by atoms with Gasteiger partial charge in [-0.05, 0) is 57.0 Å². The minimum absolute atomic E-state index is 0.0515. The summed E-state index contributed by atoms with van der Waals surface area (Å²) in [4.78, 5) is 34.3. The number of anilines is 1. The van der Waals surface area contributed by atoms with E-state index in [0.29, 0.717) is 18.5 Å². The van der Waals surface area contributed by atoms with E-state index in [1.54, 1.807) is 0 Å². The molecule has 0 bridgehead atoms. The number of nitrogens with zero attached hydrogens (tertiary/aromatic N) is 3. The van der Waals surface area contributed by atoms with Crippen molar-refractivity contribution in [2.75, 3.05) is 24.5 Å². The lowest BCUT2D eigenvalue weighted by atomic mass is 9.95. The number of aldehydes is 1. The highest BCUT2D eigenvalue weighted by molar-refractivity contribution is 5.79. The first-order valence-electron chi connectivity index (χ1n) is 9.44. The number of amides is 1. The van der Waals surface area contributed by atoms with Crippen LogP contribution in [-0.4, -0.2) is 41.8 Å².